The molecule has 72 valence electrons. The smallest absolute Gasteiger partial charge is 0.136 e. The van der Waals surface area contributed by atoms with E-state index in [0.717, 1.165) is 17.0 Å². The average Bonchev–Trinajstić information content (AvgIpc) is 2.66. The van der Waals surface area contributed by atoms with Crippen molar-refractivity contribution in [3.63, 3.8) is 0 Å². The highest BCUT2D eigenvalue weighted by atomic mass is 19.1. The molecule has 0 spiro atoms. The lowest BCUT2D eigenvalue weighted by atomic mass is 10.1. The van der Waals surface area contributed by atoms with Crippen molar-refractivity contribution >= 4 is 0 Å². The number of aromatic nitrogens is 1. The first kappa shape index (κ1) is 8.81. The SMILES string of the molecule is COc1c[nH]c(-c2cccc(F)c2)c1. The summed E-state index contributed by atoms with van der Waals surface area (Å²) in [7, 11) is 1.60. The van der Waals surface area contributed by atoms with Crippen LogP contribution in [0.15, 0.2) is 36.5 Å². The van der Waals surface area contributed by atoms with E-state index in [1.807, 2.05) is 12.1 Å². The number of H-pyrrole nitrogens is 1. The molecule has 1 aromatic heterocycles. The van der Waals surface area contributed by atoms with Gasteiger partial charge in [0.1, 0.15) is 11.6 Å². The Kier molecular flexibility index (Phi) is 2.23. The molecule has 0 amide bonds. The fourth-order valence-corrected chi connectivity index (χ4v) is 1.32. The Morgan fingerprint density at radius 1 is 1.29 bits per heavy atom. The second kappa shape index (κ2) is 3.54. The van der Waals surface area contributed by atoms with Gasteiger partial charge < -0.3 is 9.72 Å². The Balaban J connectivity index is 2.39. The minimum absolute atomic E-state index is 0.240. The molecule has 0 fully saturated rings. The van der Waals surface area contributed by atoms with Crippen LogP contribution in [0, 0.1) is 5.82 Å². The van der Waals surface area contributed by atoms with E-state index in [2.05, 4.69) is 4.98 Å². The van der Waals surface area contributed by atoms with Gasteiger partial charge in [0.2, 0.25) is 0 Å². The van der Waals surface area contributed by atoms with Gasteiger partial charge >= 0.3 is 0 Å². The summed E-state index contributed by atoms with van der Waals surface area (Å²) in [5, 5.41) is 0. The largest absolute Gasteiger partial charge is 0.495 e. The second-order valence-electron chi connectivity index (χ2n) is 2.96. The zero-order valence-electron chi connectivity index (χ0n) is 7.75. The topological polar surface area (TPSA) is 25.0 Å². The summed E-state index contributed by atoms with van der Waals surface area (Å²) in [5.41, 5.74) is 1.66. The van der Waals surface area contributed by atoms with Gasteiger partial charge in [0.25, 0.3) is 0 Å². The normalized spacial score (nSPS) is 10.1. The third kappa shape index (κ3) is 1.62. The van der Waals surface area contributed by atoms with Crippen LogP contribution in [0.4, 0.5) is 4.39 Å². The van der Waals surface area contributed by atoms with E-state index >= 15 is 0 Å². The Labute approximate surface area is 81.3 Å². The van der Waals surface area contributed by atoms with Gasteiger partial charge in [-0.15, -0.1) is 0 Å². The molecule has 1 N–H and O–H groups in total. The molecule has 1 heterocycles. The predicted molar refractivity (Wildman–Crippen MR) is 52.7 cm³/mol. The summed E-state index contributed by atoms with van der Waals surface area (Å²) in [5.74, 6) is 0.500. The number of aromatic amines is 1. The van der Waals surface area contributed by atoms with Crippen LogP contribution in [-0.4, -0.2) is 12.1 Å². The van der Waals surface area contributed by atoms with E-state index in [1.54, 1.807) is 19.4 Å². The number of hydrogen-bond donors (Lipinski definition) is 1. The molecule has 14 heavy (non-hydrogen) atoms. The molecule has 2 nitrogen and oxygen atoms in total. The summed E-state index contributed by atoms with van der Waals surface area (Å²) in [6.07, 6.45) is 1.74. The zero-order chi connectivity index (χ0) is 9.97. The highest BCUT2D eigenvalue weighted by Gasteiger charge is 2.02. The Morgan fingerprint density at radius 2 is 2.14 bits per heavy atom. The van der Waals surface area contributed by atoms with Crippen LogP contribution >= 0.6 is 0 Å². The molecule has 3 heteroatoms. The third-order valence-electron chi connectivity index (χ3n) is 2.03. The number of benzene rings is 1. The van der Waals surface area contributed by atoms with Gasteiger partial charge in [0, 0.05) is 23.5 Å². The van der Waals surface area contributed by atoms with Crippen LogP contribution in [-0.2, 0) is 0 Å². The Hall–Kier alpha value is -1.77. The van der Waals surface area contributed by atoms with Crippen molar-refractivity contribution in [2.24, 2.45) is 0 Å². The number of nitrogens with one attached hydrogen (secondary N) is 1. The van der Waals surface area contributed by atoms with Gasteiger partial charge in [-0.05, 0) is 12.1 Å². The van der Waals surface area contributed by atoms with Crippen molar-refractivity contribution in [1.82, 2.24) is 4.98 Å². The first-order chi connectivity index (χ1) is 6.79. The average molecular weight is 191 g/mol. The summed E-state index contributed by atoms with van der Waals surface area (Å²) in [6.45, 7) is 0. The number of halogens is 1. The number of methoxy groups -OCH3 is 1. The van der Waals surface area contributed by atoms with E-state index in [0.29, 0.717) is 0 Å². The van der Waals surface area contributed by atoms with Gasteiger partial charge in [-0.1, -0.05) is 12.1 Å². The molecule has 0 aliphatic rings. The molecule has 1 aromatic carbocycles. The van der Waals surface area contributed by atoms with E-state index in [4.69, 9.17) is 4.74 Å². The molecule has 2 aromatic rings. The molecule has 0 unspecified atom stereocenters. The predicted octanol–water partition coefficient (Wildman–Crippen LogP) is 2.83. The Bertz CT molecular complexity index is 436. The van der Waals surface area contributed by atoms with Gasteiger partial charge in [0.05, 0.1) is 7.11 Å². The van der Waals surface area contributed by atoms with Crippen LogP contribution in [0.1, 0.15) is 0 Å². The minimum atomic E-state index is -0.240. The van der Waals surface area contributed by atoms with E-state index in [9.17, 15) is 4.39 Å². The van der Waals surface area contributed by atoms with Crippen LogP contribution in [0.25, 0.3) is 11.3 Å². The fourth-order valence-electron chi connectivity index (χ4n) is 1.32. The first-order valence-electron chi connectivity index (χ1n) is 4.28. The summed E-state index contributed by atoms with van der Waals surface area (Å²) in [6, 6.07) is 8.25. The van der Waals surface area contributed by atoms with Crippen molar-refractivity contribution in [1.29, 1.82) is 0 Å². The monoisotopic (exact) mass is 191 g/mol. The molecule has 0 saturated carbocycles. The van der Waals surface area contributed by atoms with Crippen molar-refractivity contribution < 1.29 is 9.13 Å². The molecular weight excluding hydrogens is 181 g/mol. The maximum Gasteiger partial charge on any atom is 0.136 e. The number of hydrogen-bond acceptors (Lipinski definition) is 1. The molecule has 0 saturated heterocycles. The standard InChI is InChI=1S/C11H10FNO/c1-14-10-6-11(13-7-10)8-3-2-4-9(12)5-8/h2-7,13H,1H3. The van der Waals surface area contributed by atoms with Crippen molar-refractivity contribution in [2.75, 3.05) is 7.11 Å². The fraction of sp³-hybridized carbons (Fsp3) is 0.0909. The van der Waals surface area contributed by atoms with Gasteiger partial charge in [-0.25, -0.2) is 4.39 Å². The molecule has 0 atom stereocenters. The first-order valence-corrected chi connectivity index (χ1v) is 4.28. The van der Waals surface area contributed by atoms with Gasteiger partial charge in [-0.2, -0.15) is 0 Å². The van der Waals surface area contributed by atoms with Crippen LogP contribution in [0.5, 0.6) is 5.75 Å². The van der Waals surface area contributed by atoms with Gasteiger partial charge in [0.15, 0.2) is 0 Å². The quantitative estimate of drug-likeness (QED) is 0.775. The van der Waals surface area contributed by atoms with Crippen molar-refractivity contribution in [2.45, 2.75) is 0 Å². The number of ether oxygens (including phenoxy) is 1. The second-order valence-corrected chi connectivity index (χ2v) is 2.96. The maximum atomic E-state index is 12.9. The lowest BCUT2D eigenvalue weighted by molar-refractivity contribution is 0.415. The van der Waals surface area contributed by atoms with Crippen LogP contribution in [0.3, 0.4) is 0 Å². The lowest BCUT2D eigenvalue weighted by Gasteiger charge is -1.96. The molecule has 0 aliphatic carbocycles. The Morgan fingerprint density at radius 3 is 2.79 bits per heavy atom. The lowest BCUT2D eigenvalue weighted by Crippen LogP contribution is -1.78. The third-order valence-corrected chi connectivity index (χ3v) is 2.03. The van der Waals surface area contributed by atoms with E-state index in [1.165, 1.54) is 12.1 Å². The number of rotatable bonds is 2. The highest BCUT2D eigenvalue weighted by molar-refractivity contribution is 5.61. The van der Waals surface area contributed by atoms with E-state index < -0.39 is 0 Å². The molecule has 2 rings (SSSR count). The van der Waals surface area contributed by atoms with Gasteiger partial charge in [-0.3, -0.25) is 0 Å². The summed E-state index contributed by atoms with van der Waals surface area (Å²) >= 11 is 0. The molecule has 0 radical (unpaired) electrons. The van der Waals surface area contributed by atoms with Crippen LogP contribution < -0.4 is 4.74 Å². The van der Waals surface area contributed by atoms with E-state index in [-0.39, 0.29) is 5.82 Å². The van der Waals surface area contributed by atoms with Crippen molar-refractivity contribution in [3.05, 3.63) is 42.3 Å². The highest BCUT2D eigenvalue weighted by Crippen LogP contribution is 2.22. The maximum absolute atomic E-state index is 12.9. The minimum Gasteiger partial charge on any atom is -0.495 e. The molecular formula is C11H10FNO. The summed E-state index contributed by atoms with van der Waals surface area (Å²) in [4.78, 5) is 3.01. The van der Waals surface area contributed by atoms with Crippen molar-refractivity contribution in [3.8, 4) is 17.0 Å². The summed E-state index contributed by atoms with van der Waals surface area (Å²) < 4.78 is 17.9. The molecule has 0 aliphatic heterocycles. The van der Waals surface area contributed by atoms with Crippen LogP contribution in [0.2, 0.25) is 0 Å². The zero-order valence-corrected chi connectivity index (χ0v) is 7.75. The molecule has 0 bridgehead atoms.